The van der Waals surface area contributed by atoms with Crippen molar-refractivity contribution in [3.05, 3.63) is 59.5 Å². The topological polar surface area (TPSA) is 121 Å². The summed E-state index contributed by atoms with van der Waals surface area (Å²) in [6.07, 6.45) is 8.95. The van der Waals surface area contributed by atoms with Gasteiger partial charge in [0, 0.05) is 34.9 Å². The first-order valence-electron chi connectivity index (χ1n) is 10.8. The van der Waals surface area contributed by atoms with Gasteiger partial charge in [-0.05, 0) is 43.0 Å². The second kappa shape index (κ2) is 8.03. The average molecular weight is 419 g/mol. The van der Waals surface area contributed by atoms with Crippen LogP contribution in [-0.2, 0) is 4.79 Å². The van der Waals surface area contributed by atoms with Crippen molar-refractivity contribution in [3.63, 3.8) is 0 Å². The Labute approximate surface area is 180 Å². The second-order valence-electron chi connectivity index (χ2n) is 8.39. The molecule has 3 heterocycles. The van der Waals surface area contributed by atoms with Crippen molar-refractivity contribution < 1.29 is 9.59 Å². The van der Waals surface area contributed by atoms with Gasteiger partial charge in [-0.2, -0.15) is 0 Å². The Kier molecular flexibility index (Phi) is 5.07. The van der Waals surface area contributed by atoms with Crippen LogP contribution in [0.3, 0.4) is 0 Å². The molecule has 0 saturated heterocycles. The number of carbonyl (C=O) groups is 2. The third-order valence-electron chi connectivity index (χ3n) is 6.41. The number of aromatic nitrogens is 1. The lowest BCUT2D eigenvalue weighted by atomic mass is 9.84. The van der Waals surface area contributed by atoms with Crippen LogP contribution < -0.4 is 27.2 Å². The van der Waals surface area contributed by atoms with Crippen LogP contribution in [0.2, 0.25) is 0 Å². The standard InChI is InChI=1S/C23H26N6O2/c24-20(13-6-2-1-3-7-13)23(31)27-14-10-15-19-16(12-26-29-22(15)30)21(28-18(19)11-14)17-8-4-5-9-25-17/h4-5,8-13,20-21,26,28H,1-3,6-7,24H2,(H,27,31)(H,29,30)/t20-,21?/m1/s1. The maximum absolute atomic E-state index is 12.8. The minimum atomic E-state index is -0.548. The van der Waals surface area contributed by atoms with E-state index in [-0.39, 0.29) is 23.8 Å². The Balaban J connectivity index is 1.45. The summed E-state index contributed by atoms with van der Waals surface area (Å²) in [5, 5.41) is 6.39. The first-order valence-corrected chi connectivity index (χ1v) is 10.8. The summed E-state index contributed by atoms with van der Waals surface area (Å²) in [5.74, 6) is -0.265. The fourth-order valence-electron chi connectivity index (χ4n) is 4.81. The fourth-order valence-corrected chi connectivity index (χ4v) is 4.81. The molecule has 8 nitrogen and oxygen atoms in total. The molecule has 0 bridgehead atoms. The predicted octanol–water partition coefficient (Wildman–Crippen LogP) is 2.68. The molecule has 6 N–H and O–H groups in total. The van der Waals surface area contributed by atoms with Gasteiger partial charge in [-0.3, -0.25) is 20.0 Å². The van der Waals surface area contributed by atoms with Crippen LogP contribution in [0.5, 0.6) is 0 Å². The van der Waals surface area contributed by atoms with Crippen LogP contribution in [0.25, 0.3) is 5.57 Å². The van der Waals surface area contributed by atoms with E-state index in [1.165, 1.54) is 6.42 Å². The van der Waals surface area contributed by atoms with Gasteiger partial charge in [-0.25, -0.2) is 0 Å². The van der Waals surface area contributed by atoms with Crippen LogP contribution in [0, 0.1) is 5.92 Å². The van der Waals surface area contributed by atoms with E-state index in [4.69, 9.17) is 5.73 Å². The Hall–Kier alpha value is -3.39. The van der Waals surface area contributed by atoms with E-state index in [1.54, 1.807) is 18.5 Å². The van der Waals surface area contributed by atoms with Gasteiger partial charge >= 0.3 is 0 Å². The molecular formula is C23H26N6O2. The molecule has 1 fully saturated rings. The zero-order valence-electron chi connectivity index (χ0n) is 17.2. The van der Waals surface area contributed by atoms with Gasteiger partial charge in [-0.15, -0.1) is 0 Å². The van der Waals surface area contributed by atoms with E-state index >= 15 is 0 Å². The minimum absolute atomic E-state index is 0.203. The summed E-state index contributed by atoms with van der Waals surface area (Å²) in [6.45, 7) is 0. The van der Waals surface area contributed by atoms with Crippen molar-refractivity contribution in [2.24, 2.45) is 11.7 Å². The van der Waals surface area contributed by atoms with E-state index in [0.717, 1.165) is 48.2 Å². The Morgan fingerprint density at radius 3 is 2.81 bits per heavy atom. The molecule has 1 aliphatic carbocycles. The summed E-state index contributed by atoms with van der Waals surface area (Å²) in [5.41, 5.74) is 16.2. The number of hydrogen-bond acceptors (Lipinski definition) is 6. The highest BCUT2D eigenvalue weighted by Crippen LogP contribution is 2.46. The predicted molar refractivity (Wildman–Crippen MR) is 119 cm³/mol. The maximum Gasteiger partial charge on any atom is 0.270 e. The van der Waals surface area contributed by atoms with Crippen molar-refractivity contribution >= 4 is 28.8 Å². The Morgan fingerprint density at radius 2 is 2.03 bits per heavy atom. The third kappa shape index (κ3) is 3.63. The third-order valence-corrected chi connectivity index (χ3v) is 6.41. The smallest absolute Gasteiger partial charge is 0.270 e. The molecule has 0 spiro atoms. The Morgan fingerprint density at radius 1 is 1.19 bits per heavy atom. The van der Waals surface area contributed by atoms with E-state index in [1.807, 2.05) is 24.3 Å². The molecule has 160 valence electrons. The van der Waals surface area contributed by atoms with Crippen LogP contribution in [0.15, 0.2) is 42.7 Å². The van der Waals surface area contributed by atoms with Gasteiger partial charge in [0.25, 0.3) is 5.91 Å². The summed E-state index contributed by atoms with van der Waals surface area (Å²) < 4.78 is 0. The molecule has 3 aliphatic rings. The number of anilines is 2. The highest BCUT2D eigenvalue weighted by molar-refractivity contribution is 6.07. The number of benzene rings is 1. The zero-order chi connectivity index (χ0) is 21.4. The first-order chi connectivity index (χ1) is 15.1. The number of carbonyl (C=O) groups excluding carboxylic acids is 2. The largest absolute Gasteiger partial charge is 0.372 e. The average Bonchev–Trinajstić information content (AvgIpc) is 3.08. The lowest BCUT2D eigenvalue weighted by molar-refractivity contribution is -0.118. The molecule has 5 rings (SSSR count). The molecule has 31 heavy (non-hydrogen) atoms. The lowest BCUT2D eigenvalue weighted by Gasteiger charge is -2.26. The van der Waals surface area contributed by atoms with Gasteiger partial charge in [-0.1, -0.05) is 25.3 Å². The molecule has 1 aromatic heterocycles. The van der Waals surface area contributed by atoms with Gasteiger partial charge in [0.05, 0.1) is 23.3 Å². The Bertz CT molecular complexity index is 1050. The number of amides is 2. The maximum atomic E-state index is 12.8. The number of nitrogens with one attached hydrogen (secondary N) is 4. The van der Waals surface area contributed by atoms with Crippen molar-refractivity contribution in [2.75, 3.05) is 10.6 Å². The van der Waals surface area contributed by atoms with Crippen molar-refractivity contribution in [1.29, 1.82) is 0 Å². The monoisotopic (exact) mass is 418 g/mol. The minimum Gasteiger partial charge on any atom is -0.372 e. The number of rotatable bonds is 4. The normalized spacial score (nSPS) is 21.0. The van der Waals surface area contributed by atoms with E-state index in [9.17, 15) is 9.59 Å². The van der Waals surface area contributed by atoms with Crippen molar-refractivity contribution in [1.82, 2.24) is 15.8 Å². The molecule has 0 radical (unpaired) electrons. The van der Waals surface area contributed by atoms with Gasteiger partial charge in [0.15, 0.2) is 0 Å². The lowest BCUT2D eigenvalue weighted by Crippen LogP contribution is -2.42. The SMILES string of the molecule is N[C@@H](C(=O)Nc1cc2c3c(c1)C(=O)NNC=C3C(c1ccccn1)N2)C1CCCCC1. The molecule has 2 aliphatic heterocycles. The number of hydrazine groups is 1. The first kappa shape index (κ1) is 19.6. The molecule has 2 aromatic rings. The van der Waals surface area contributed by atoms with Crippen molar-refractivity contribution in [2.45, 2.75) is 44.2 Å². The van der Waals surface area contributed by atoms with Crippen molar-refractivity contribution in [3.8, 4) is 0 Å². The van der Waals surface area contributed by atoms with E-state index < -0.39 is 6.04 Å². The van der Waals surface area contributed by atoms with E-state index in [0.29, 0.717) is 11.3 Å². The van der Waals surface area contributed by atoms with Crippen LogP contribution in [0.1, 0.15) is 59.8 Å². The molecule has 1 saturated carbocycles. The van der Waals surface area contributed by atoms with E-state index in [2.05, 4.69) is 26.5 Å². The molecular weight excluding hydrogens is 392 g/mol. The highest BCUT2D eigenvalue weighted by Gasteiger charge is 2.35. The van der Waals surface area contributed by atoms with Crippen LogP contribution in [0.4, 0.5) is 11.4 Å². The molecule has 1 unspecified atom stereocenters. The summed E-state index contributed by atoms with van der Waals surface area (Å²) in [7, 11) is 0. The molecule has 1 aromatic carbocycles. The summed E-state index contributed by atoms with van der Waals surface area (Å²) >= 11 is 0. The molecule has 2 amide bonds. The number of pyridine rings is 1. The quantitative estimate of drug-likeness (QED) is 0.521. The molecule has 2 atom stereocenters. The van der Waals surface area contributed by atoms with Gasteiger partial charge in [0.1, 0.15) is 0 Å². The highest BCUT2D eigenvalue weighted by atomic mass is 16.2. The molecule has 8 heteroatoms. The van der Waals surface area contributed by atoms with Gasteiger partial charge in [0.2, 0.25) is 5.91 Å². The summed E-state index contributed by atoms with van der Waals surface area (Å²) in [4.78, 5) is 30.0. The van der Waals surface area contributed by atoms with Crippen LogP contribution >= 0.6 is 0 Å². The summed E-state index contributed by atoms with van der Waals surface area (Å²) in [6, 6.07) is 8.56. The number of nitrogens with zero attached hydrogens (tertiary/aromatic N) is 1. The van der Waals surface area contributed by atoms with Gasteiger partial charge < -0.3 is 21.8 Å². The van der Waals surface area contributed by atoms with Crippen LogP contribution in [-0.4, -0.2) is 22.8 Å². The number of nitrogens with two attached hydrogens (primary N) is 1. The zero-order valence-corrected chi connectivity index (χ0v) is 17.2. The second-order valence-corrected chi connectivity index (χ2v) is 8.39. The number of hydrogen-bond donors (Lipinski definition) is 5. The fraction of sp³-hybridized carbons (Fsp3) is 0.348.